The highest BCUT2D eigenvalue weighted by atomic mass is 16.3. The van der Waals surface area contributed by atoms with Crippen LogP contribution in [0.3, 0.4) is 0 Å². The summed E-state index contributed by atoms with van der Waals surface area (Å²) >= 11 is 0. The maximum Gasteiger partial charge on any atom is 0.142 e. The molecule has 3 aliphatic carbocycles. The molecule has 2 bridgehead atoms. The zero-order valence-corrected chi connectivity index (χ0v) is 8.58. The van der Waals surface area contributed by atoms with Crippen LogP contribution in [0, 0.1) is 23.2 Å². The zero-order valence-electron chi connectivity index (χ0n) is 8.58. The Hall–Kier alpha value is -0.370. The molecule has 0 radical (unpaired) electrons. The number of hydrogen-bond donors (Lipinski definition) is 1. The summed E-state index contributed by atoms with van der Waals surface area (Å²) in [6.07, 6.45) is 1.37. The quantitative estimate of drug-likeness (QED) is 0.618. The highest BCUT2D eigenvalue weighted by molar-refractivity contribution is 5.91. The Kier molecular flexibility index (Phi) is 1.82. The minimum Gasteiger partial charge on any atom is -0.392 e. The lowest BCUT2D eigenvalue weighted by molar-refractivity contribution is -0.171. The standard InChI is InChI=1S/C11H18O2/c1-11(2,3)9-6-4-5-7(12)8(9)10(6)13/h6-9,12H,4-5H2,1-3H3/t6-,7+,8+,9?/m1/s1. The molecule has 3 rings (SSSR count). The lowest BCUT2D eigenvalue weighted by atomic mass is 9.48. The van der Waals surface area contributed by atoms with E-state index in [-0.39, 0.29) is 23.4 Å². The van der Waals surface area contributed by atoms with Crippen LogP contribution in [0.2, 0.25) is 0 Å². The van der Waals surface area contributed by atoms with Crippen molar-refractivity contribution in [2.75, 3.05) is 0 Å². The maximum absolute atomic E-state index is 11.6. The lowest BCUT2D eigenvalue weighted by Crippen LogP contribution is -2.61. The first-order valence-electron chi connectivity index (χ1n) is 5.14. The number of rotatable bonds is 0. The molecule has 0 spiro atoms. The van der Waals surface area contributed by atoms with Gasteiger partial charge >= 0.3 is 0 Å². The summed E-state index contributed by atoms with van der Waals surface area (Å²) in [6.45, 7) is 6.51. The molecule has 13 heavy (non-hydrogen) atoms. The van der Waals surface area contributed by atoms with Gasteiger partial charge in [-0.25, -0.2) is 0 Å². The molecule has 0 aromatic carbocycles. The summed E-state index contributed by atoms with van der Waals surface area (Å²) in [4.78, 5) is 11.6. The number of carbonyl (C=O) groups excluding carboxylic acids is 1. The molecule has 74 valence electrons. The van der Waals surface area contributed by atoms with Crippen molar-refractivity contribution in [1.29, 1.82) is 0 Å². The Morgan fingerprint density at radius 3 is 2.23 bits per heavy atom. The van der Waals surface area contributed by atoms with E-state index < -0.39 is 0 Å². The molecule has 3 fully saturated rings. The average molecular weight is 182 g/mol. The zero-order chi connectivity index (χ0) is 9.80. The number of aliphatic hydroxyl groups excluding tert-OH is 1. The van der Waals surface area contributed by atoms with Gasteiger partial charge in [-0.05, 0) is 24.2 Å². The van der Waals surface area contributed by atoms with Gasteiger partial charge in [0.15, 0.2) is 0 Å². The summed E-state index contributed by atoms with van der Waals surface area (Å²) in [6, 6.07) is 0. The van der Waals surface area contributed by atoms with Crippen molar-refractivity contribution in [3.05, 3.63) is 0 Å². The molecule has 2 heteroatoms. The lowest BCUT2D eigenvalue weighted by Gasteiger charge is -2.55. The molecule has 0 heterocycles. The van der Waals surface area contributed by atoms with Crippen LogP contribution in [-0.2, 0) is 4.79 Å². The molecule has 3 aliphatic rings. The van der Waals surface area contributed by atoms with Gasteiger partial charge in [-0.1, -0.05) is 20.8 Å². The number of Topliss-reactive ketones (excluding diaryl/α,β-unsaturated/α-hetero) is 1. The second kappa shape index (κ2) is 2.57. The third-order valence-electron chi connectivity index (χ3n) is 3.70. The van der Waals surface area contributed by atoms with Crippen LogP contribution in [0.4, 0.5) is 0 Å². The normalized spacial score (nSPS) is 44.5. The second-order valence-electron chi connectivity index (χ2n) is 5.57. The molecule has 2 nitrogen and oxygen atoms in total. The number of ketones is 1. The summed E-state index contributed by atoms with van der Waals surface area (Å²) in [7, 11) is 0. The highest BCUT2D eigenvalue weighted by Crippen LogP contribution is 2.55. The number of hydrogen-bond acceptors (Lipinski definition) is 2. The molecule has 3 saturated carbocycles. The summed E-state index contributed by atoms with van der Waals surface area (Å²) in [5.41, 5.74) is 0.171. The first kappa shape index (κ1) is 9.20. The van der Waals surface area contributed by atoms with E-state index in [0.29, 0.717) is 11.7 Å². The fourth-order valence-corrected chi connectivity index (χ4v) is 3.16. The molecule has 4 atom stereocenters. The van der Waals surface area contributed by atoms with Crippen molar-refractivity contribution >= 4 is 5.78 Å². The molecule has 0 aromatic rings. The predicted octanol–water partition coefficient (Wildman–Crippen LogP) is 1.62. The smallest absolute Gasteiger partial charge is 0.142 e. The minimum atomic E-state index is -0.360. The van der Waals surface area contributed by atoms with Gasteiger partial charge in [0.25, 0.3) is 0 Å². The fraction of sp³-hybridized carbons (Fsp3) is 0.909. The molecular formula is C11H18O2. The van der Waals surface area contributed by atoms with Gasteiger partial charge in [0, 0.05) is 11.8 Å². The van der Waals surface area contributed by atoms with Crippen molar-refractivity contribution in [3.8, 4) is 0 Å². The Labute approximate surface area is 79.3 Å². The molecule has 0 saturated heterocycles. The SMILES string of the molecule is CC(C)(C)C1[C@H]2C(=O)[C@@H]1CC[C@@H]2O. The Bertz CT molecular complexity index is 239. The molecule has 1 unspecified atom stereocenters. The van der Waals surface area contributed by atoms with E-state index in [4.69, 9.17) is 0 Å². The molecule has 0 aromatic heterocycles. The molecule has 0 amide bonds. The monoisotopic (exact) mass is 182 g/mol. The van der Waals surface area contributed by atoms with Crippen molar-refractivity contribution in [1.82, 2.24) is 0 Å². The summed E-state index contributed by atoms with van der Waals surface area (Å²) in [5, 5.41) is 9.70. The van der Waals surface area contributed by atoms with Crippen LogP contribution in [-0.4, -0.2) is 17.0 Å². The Balaban J connectivity index is 2.21. The first-order valence-corrected chi connectivity index (χ1v) is 5.14. The van der Waals surface area contributed by atoms with Gasteiger partial charge < -0.3 is 5.11 Å². The van der Waals surface area contributed by atoms with Gasteiger partial charge in [-0.3, -0.25) is 4.79 Å². The average Bonchev–Trinajstić information content (AvgIpc) is 1.99. The molecular weight excluding hydrogens is 164 g/mol. The van der Waals surface area contributed by atoms with Gasteiger partial charge in [0.2, 0.25) is 0 Å². The summed E-state index contributed by atoms with van der Waals surface area (Å²) in [5.74, 6) is 0.953. The largest absolute Gasteiger partial charge is 0.392 e. The van der Waals surface area contributed by atoms with E-state index in [0.717, 1.165) is 12.8 Å². The Morgan fingerprint density at radius 1 is 1.31 bits per heavy atom. The van der Waals surface area contributed by atoms with Crippen LogP contribution < -0.4 is 0 Å². The fourth-order valence-electron chi connectivity index (χ4n) is 3.16. The number of aliphatic hydroxyl groups is 1. The third kappa shape index (κ3) is 1.15. The first-order chi connectivity index (χ1) is 5.93. The van der Waals surface area contributed by atoms with Gasteiger partial charge in [-0.2, -0.15) is 0 Å². The third-order valence-corrected chi connectivity index (χ3v) is 3.70. The topological polar surface area (TPSA) is 37.3 Å². The predicted molar refractivity (Wildman–Crippen MR) is 50.2 cm³/mol. The van der Waals surface area contributed by atoms with E-state index >= 15 is 0 Å². The van der Waals surface area contributed by atoms with Crippen molar-refractivity contribution in [2.24, 2.45) is 23.2 Å². The highest BCUT2D eigenvalue weighted by Gasteiger charge is 2.59. The number of fused-ring (bicyclic) bond motifs is 2. The van der Waals surface area contributed by atoms with E-state index in [1.165, 1.54) is 0 Å². The van der Waals surface area contributed by atoms with E-state index in [9.17, 15) is 9.90 Å². The van der Waals surface area contributed by atoms with Gasteiger partial charge in [-0.15, -0.1) is 0 Å². The van der Waals surface area contributed by atoms with Crippen molar-refractivity contribution in [3.63, 3.8) is 0 Å². The van der Waals surface area contributed by atoms with Crippen LogP contribution >= 0.6 is 0 Å². The minimum absolute atomic E-state index is 0.0428. The maximum atomic E-state index is 11.6. The molecule has 0 aliphatic heterocycles. The molecule has 1 N–H and O–H groups in total. The van der Waals surface area contributed by atoms with E-state index in [1.807, 2.05) is 0 Å². The van der Waals surface area contributed by atoms with Crippen LogP contribution in [0.5, 0.6) is 0 Å². The van der Waals surface area contributed by atoms with Crippen LogP contribution in [0.1, 0.15) is 33.6 Å². The van der Waals surface area contributed by atoms with Gasteiger partial charge in [0.1, 0.15) is 5.78 Å². The van der Waals surface area contributed by atoms with E-state index in [1.54, 1.807) is 0 Å². The van der Waals surface area contributed by atoms with Crippen molar-refractivity contribution < 1.29 is 9.90 Å². The van der Waals surface area contributed by atoms with Crippen LogP contribution in [0.25, 0.3) is 0 Å². The van der Waals surface area contributed by atoms with Gasteiger partial charge in [0.05, 0.1) is 6.10 Å². The van der Waals surface area contributed by atoms with Crippen molar-refractivity contribution in [2.45, 2.75) is 39.7 Å². The van der Waals surface area contributed by atoms with E-state index in [2.05, 4.69) is 20.8 Å². The second-order valence-corrected chi connectivity index (χ2v) is 5.57. The van der Waals surface area contributed by atoms with Crippen LogP contribution in [0.15, 0.2) is 0 Å². The number of carbonyl (C=O) groups is 1. The Morgan fingerprint density at radius 2 is 1.92 bits per heavy atom. The summed E-state index contributed by atoms with van der Waals surface area (Å²) < 4.78 is 0.